The number of nitrogens with one attached hydrogen (secondary N) is 1. The van der Waals surface area contributed by atoms with Crippen molar-refractivity contribution in [2.45, 2.75) is 0 Å². The average molecular weight is 385 g/mol. The number of carbonyl (C=O) groups excluding carboxylic acids is 1. The summed E-state index contributed by atoms with van der Waals surface area (Å²) in [6.45, 7) is 0. The van der Waals surface area contributed by atoms with Gasteiger partial charge in [-0.15, -0.1) is 10.2 Å². The second-order valence-corrected chi connectivity index (χ2v) is 6.21. The van der Waals surface area contributed by atoms with Gasteiger partial charge >= 0.3 is 0 Å². The van der Waals surface area contributed by atoms with E-state index in [4.69, 9.17) is 4.74 Å². The van der Waals surface area contributed by atoms with E-state index in [1.54, 1.807) is 30.3 Å². The maximum atomic E-state index is 13.0. The van der Waals surface area contributed by atoms with Crippen LogP contribution in [-0.2, 0) is 0 Å². The number of amides is 1. The minimum Gasteiger partial charge on any atom is -0.438 e. The van der Waals surface area contributed by atoms with Crippen molar-refractivity contribution in [1.82, 2.24) is 10.2 Å². The fourth-order valence-electron chi connectivity index (χ4n) is 2.70. The number of nitrogens with zero attached hydrogens (tertiary/aromatic N) is 2. The number of ether oxygens (including phenoxy) is 1. The molecular weight excluding hydrogens is 369 g/mol. The molecule has 1 N–H and O–H groups in total. The third-order valence-corrected chi connectivity index (χ3v) is 4.13. The van der Waals surface area contributed by atoms with Gasteiger partial charge in [0.05, 0.1) is 5.69 Å². The van der Waals surface area contributed by atoms with Crippen LogP contribution < -0.4 is 10.1 Å². The van der Waals surface area contributed by atoms with E-state index < -0.39 is 0 Å². The van der Waals surface area contributed by atoms with Gasteiger partial charge in [-0.25, -0.2) is 4.39 Å². The molecule has 0 radical (unpaired) electrons. The first-order chi connectivity index (χ1) is 14.2. The molecule has 0 fully saturated rings. The molecule has 1 amide bonds. The second-order valence-electron chi connectivity index (χ2n) is 6.21. The van der Waals surface area contributed by atoms with Crippen molar-refractivity contribution < 1.29 is 13.9 Å². The van der Waals surface area contributed by atoms with Gasteiger partial charge in [-0.1, -0.05) is 30.3 Å². The molecule has 1 aromatic heterocycles. The molecule has 5 nitrogen and oxygen atoms in total. The summed E-state index contributed by atoms with van der Waals surface area (Å²) in [6.07, 6.45) is 0. The van der Waals surface area contributed by atoms with Gasteiger partial charge in [0.15, 0.2) is 0 Å². The Hall–Kier alpha value is -4.06. The summed E-state index contributed by atoms with van der Waals surface area (Å²) in [4.78, 5) is 12.5. The van der Waals surface area contributed by atoms with Crippen LogP contribution in [0.15, 0.2) is 91.0 Å². The molecule has 0 bridgehead atoms. The summed E-state index contributed by atoms with van der Waals surface area (Å²) < 4.78 is 18.5. The standard InChI is InChI=1S/C23H16FN3O2/c24-18-9-11-20(12-10-18)29-22-14-13-21(26-27-22)16-5-4-6-17(15-16)23(28)25-19-7-2-1-3-8-19/h1-15H,(H,25,28). The van der Waals surface area contributed by atoms with Gasteiger partial charge in [-0.05, 0) is 54.6 Å². The van der Waals surface area contributed by atoms with Crippen molar-refractivity contribution in [1.29, 1.82) is 0 Å². The smallest absolute Gasteiger partial charge is 0.255 e. The predicted molar refractivity (Wildman–Crippen MR) is 108 cm³/mol. The van der Waals surface area contributed by atoms with Crippen molar-refractivity contribution in [2.75, 3.05) is 5.32 Å². The van der Waals surface area contributed by atoms with Crippen LogP contribution >= 0.6 is 0 Å². The van der Waals surface area contributed by atoms with Crippen LogP contribution in [0.3, 0.4) is 0 Å². The molecule has 142 valence electrons. The lowest BCUT2D eigenvalue weighted by molar-refractivity contribution is 0.102. The van der Waals surface area contributed by atoms with Gasteiger partial charge in [0.25, 0.3) is 5.91 Å². The van der Waals surface area contributed by atoms with Gasteiger partial charge < -0.3 is 10.1 Å². The Morgan fingerprint density at radius 1 is 0.828 bits per heavy atom. The van der Waals surface area contributed by atoms with Crippen molar-refractivity contribution >= 4 is 11.6 Å². The number of hydrogen-bond acceptors (Lipinski definition) is 4. The van der Waals surface area contributed by atoms with Crippen molar-refractivity contribution in [2.24, 2.45) is 0 Å². The molecule has 0 saturated carbocycles. The molecule has 0 saturated heterocycles. The molecule has 1 heterocycles. The zero-order valence-corrected chi connectivity index (χ0v) is 15.2. The van der Waals surface area contributed by atoms with E-state index in [-0.39, 0.29) is 11.7 Å². The number of rotatable bonds is 5. The van der Waals surface area contributed by atoms with Crippen LogP contribution in [-0.4, -0.2) is 16.1 Å². The molecule has 4 aromatic rings. The number of halogens is 1. The fourth-order valence-corrected chi connectivity index (χ4v) is 2.70. The van der Waals surface area contributed by atoms with Crippen molar-refractivity contribution in [3.63, 3.8) is 0 Å². The normalized spacial score (nSPS) is 10.4. The summed E-state index contributed by atoms with van der Waals surface area (Å²) in [5.74, 6) is 0.212. The lowest BCUT2D eigenvalue weighted by Gasteiger charge is -2.07. The van der Waals surface area contributed by atoms with E-state index >= 15 is 0 Å². The molecule has 3 aromatic carbocycles. The lowest BCUT2D eigenvalue weighted by Crippen LogP contribution is -2.11. The highest BCUT2D eigenvalue weighted by Crippen LogP contribution is 2.23. The Labute approximate surface area is 166 Å². The van der Waals surface area contributed by atoms with Gasteiger partial charge in [0.1, 0.15) is 11.6 Å². The molecular formula is C23H16FN3O2. The minimum atomic E-state index is -0.338. The van der Waals surface area contributed by atoms with Gasteiger partial charge in [-0.3, -0.25) is 4.79 Å². The molecule has 4 rings (SSSR count). The summed E-state index contributed by atoms with van der Waals surface area (Å²) in [7, 11) is 0. The fraction of sp³-hybridized carbons (Fsp3) is 0. The number of hydrogen-bond donors (Lipinski definition) is 1. The quantitative estimate of drug-likeness (QED) is 0.504. The van der Waals surface area contributed by atoms with E-state index in [2.05, 4.69) is 15.5 Å². The van der Waals surface area contributed by atoms with Crippen molar-refractivity contribution in [3.8, 4) is 22.9 Å². The highest BCUT2D eigenvalue weighted by atomic mass is 19.1. The monoisotopic (exact) mass is 385 g/mol. The Balaban J connectivity index is 1.49. The molecule has 6 heteroatoms. The van der Waals surface area contributed by atoms with Crippen LogP contribution in [0, 0.1) is 5.82 Å². The van der Waals surface area contributed by atoms with Crippen LogP contribution in [0.2, 0.25) is 0 Å². The average Bonchev–Trinajstić information content (AvgIpc) is 2.77. The van der Waals surface area contributed by atoms with Crippen LogP contribution in [0.25, 0.3) is 11.3 Å². The zero-order chi connectivity index (χ0) is 20.1. The Morgan fingerprint density at radius 3 is 2.34 bits per heavy atom. The lowest BCUT2D eigenvalue weighted by atomic mass is 10.1. The second kappa shape index (κ2) is 8.31. The number of carbonyl (C=O) groups is 1. The highest BCUT2D eigenvalue weighted by Gasteiger charge is 2.09. The summed E-state index contributed by atoms with van der Waals surface area (Å²) in [5, 5.41) is 11.1. The highest BCUT2D eigenvalue weighted by molar-refractivity contribution is 6.04. The zero-order valence-electron chi connectivity index (χ0n) is 15.2. The van der Waals surface area contributed by atoms with Gasteiger partial charge in [-0.2, -0.15) is 0 Å². The molecule has 29 heavy (non-hydrogen) atoms. The summed E-state index contributed by atoms with van der Waals surface area (Å²) in [6, 6.07) is 25.5. The molecule has 0 aliphatic carbocycles. The van der Waals surface area contributed by atoms with E-state index in [1.165, 1.54) is 24.3 Å². The molecule has 0 atom stereocenters. The Kier molecular flexibility index (Phi) is 5.25. The number of anilines is 1. The first kappa shape index (κ1) is 18.3. The van der Waals surface area contributed by atoms with Gasteiger partial charge in [0.2, 0.25) is 5.88 Å². The number of para-hydroxylation sites is 1. The Morgan fingerprint density at radius 2 is 1.62 bits per heavy atom. The first-order valence-corrected chi connectivity index (χ1v) is 8.91. The molecule has 0 aliphatic rings. The van der Waals surface area contributed by atoms with E-state index in [1.807, 2.05) is 36.4 Å². The third-order valence-electron chi connectivity index (χ3n) is 4.13. The maximum Gasteiger partial charge on any atom is 0.255 e. The van der Waals surface area contributed by atoms with E-state index in [9.17, 15) is 9.18 Å². The number of aromatic nitrogens is 2. The summed E-state index contributed by atoms with van der Waals surface area (Å²) in [5.41, 5.74) is 2.60. The van der Waals surface area contributed by atoms with Crippen LogP contribution in [0.5, 0.6) is 11.6 Å². The largest absolute Gasteiger partial charge is 0.438 e. The minimum absolute atomic E-state index is 0.206. The SMILES string of the molecule is O=C(Nc1ccccc1)c1cccc(-c2ccc(Oc3ccc(F)cc3)nn2)c1. The molecule has 0 aliphatic heterocycles. The maximum absolute atomic E-state index is 13.0. The van der Waals surface area contributed by atoms with Crippen LogP contribution in [0.1, 0.15) is 10.4 Å². The van der Waals surface area contributed by atoms with Crippen LogP contribution in [0.4, 0.5) is 10.1 Å². The van der Waals surface area contributed by atoms with Crippen molar-refractivity contribution in [3.05, 3.63) is 102 Å². The third kappa shape index (κ3) is 4.62. The predicted octanol–water partition coefficient (Wildman–Crippen LogP) is 5.33. The summed E-state index contributed by atoms with van der Waals surface area (Å²) >= 11 is 0. The molecule has 0 spiro atoms. The number of benzene rings is 3. The topological polar surface area (TPSA) is 64.1 Å². The first-order valence-electron chi connectivity index (χ1n) is 8.91. The van der Waals surface area contributed by atoms with E-state index in [0.29, 0.717) is 22.9 Å². The van der Waals surface area contributed by atoms with Gasteiger partial charge in [0, 0.05) is 22.9 Å². The van der Waals surface area contributed by atoms with E-state index in [0.717, 1.165) is 11.3 Å². The molecule has 0 unspecified atom stereocenters. The Bertz CT molecular complexity index is 1110.